The lowest BCUT2D eigenvalue weighted by atomic mass is 9.92. The van der Waals surface area contributed by atoms with E-state index in [1.807, 2.05) is 24.3 Å². The standard InChI is InChI=1S/C18H16N4O5S/c1-27-14(24)12-8-19-16(28-12)20-13(23)9-22-15(25)18(21-17(22)26)7-6-10-4-2-3-5-11(10)18/h2-5,8H,6-7,9H2,1H3,(H,21,26)(H,19,20,23). The molecule has 2 aromatic rings. The largest absolute Gasteiger partial charge is 0.465 e. The van der Waals surface area contributed by atoms with Crippen LogP contribution in [-0.4, -0.2) is 47.4 Å². The van der Waals surface area contributed by atoms with Gasteiger partial charge in [0.05, 0.1) is 13.3 Å². The van der Waals surface area contributed by atoms with E-state index in [2.05, 4.69) is 20.4 Å². The van der Waals surface area contributed by atoms with Crippen LogP contribution in [0.2, 0.25) is 0 Å². The molecule has 1 saturated heterocycles. The first-order valence-electron chi connectivity index (χ1n) is 8.51. The van der Waals surface area contributed by atoms with Crippen molar-refractivity contribution >= 4 is 40.3 Å². The van der Waals surface area contributed by atoms with Gasteiger partial charge in [-0.25, -0.2) is 14.6 Å². The third kappa shape index (κ3) is 2.82. The maximum Gasteiger partial charge on any atom is 0.349 e. The molecule has 4 amide bonds. The summed E-state index contributed by atoms with van der Waals surface area (Å²) in [7, 11) is 1.24. The molecule has 0 radical (unpaired) electrons. The number of ether oxygens (including phenoxy) is 1. The predicted octanol–water partition coefficient (Wildman–Crippen LogP) is 1.26. The SMILES string of the molecule is COC(=O)c1cnc(NC(=O)CN2C(=O)NC3(CCc4ccccc43)C2=O)s1. The number of amides is 4. The molecule has 2 aliphatic rings. The number of nitrogens with one attached hydrogen (secondary N) is 2. The second kappa shape index (κ2) is 6.71. The number of urea groups is 1. The minimum Gasteiger partial charge on any atom is -0.465 e. The Morgan fingerprint density at radius 3 is 2.93 bits per heavy atom. The molecule has 144 valence electrons. The molecule has 1 unspecified atom stereocenters. The lowest BCUT2D eigenvalue weighted by molar-refractivity contribution is -0.134. The molecule has 1 aromatic heterocycles. The number of carbonyl (C=O) groups excluding carboxylic acids is 4. The topological polar surface area (TPSA) is 118 Å². The lowest BCUT2D eigenvalue weighted by Gasteiger charge is -2.22. The molecule has 0 bridgehead atoms. The van der Waals surface area contributed by atoms with Gasteiger partial charge >= 0.3 is 12.0 Å². The zero-order chi connectivity index (χ0) is 19.9. The Kier molecular flexibility index (Phi) is 4.34. The van der Waals surface area contributed by atoms with Crippen molar-refractivity contribution in [3.8, 4) is 0 Å². The van der Waals surface area contributed by atoms with Gasteiger partial charge in [0.1, 0.15) is 17.0 Å². The van der Waals surface area contributed by atoms with Crippen LogP contribution >= 0.6 is 11.3 Å². The zero-order valence-corrected chi connectivity index (χ0v) is 15.7. The number of fused-ring (bicyclic) bond motifs is 2. The number of thiazole rings is 1. The zero-order valence-electron chi connectivity index (χ0n) is 14.9. The Balaban J connectivity index is 1.48. The number of imide groups is 1. The minimum absolute atomic E-state index is 0.179. The van der Waals surface area contributed by atoms with Gasteiger partial charge in [-0.3, -0.25) is 14.5 Å². The molecular weight excluding hydrogens is 384 g/mol. The fourth-order valence-corrected chi connectivity index (χ4v) is 4.31. The van der Waals surface area contributed by atoms with Crippen molar-refractivity contribution in [3.05, 3.63) is 46.5 Å². The van der Waals surface area contributed by atoms with Crippen LogP contribution in [0.4, 0.5) is 9.93 Å². The summed E-state index contributed by atoms with van der Waals surface area (Å²) in [5, 5.41) is 5.44. The Bertz CT molecular complexity index is 1000. The van der Waals surface area contributed by atoms with E-state index >= 15 is 0 Å². The number of hydrogen-bond donors (Lipinski definition) is 2. The maximum atomic E-state index is 13.0. The fourth-order valence-electron chi connectivity index (χ4n) is 3.56. The summed E-state index contributed by atoms with van der Waals surface area (Å²) in [5.74, 6) is -1.58. The summed E-state index contributed by atoms with van der Waals surface area (Å²) in [6.07, 6.45) is 2.42. The summed E-state index contributed by atoms with van der Waals surface area (Å²) in [6.45, 7) is -0.443. The summed E-state index contributed by atoms with van der Waals surface area (Å²) >= 11 is 0.941. The van der Waals surface area contributed by atoms with Gasteiger partial charge in [0, 0.05) is 0 Å². The van der Waals surface area contributed by atoms with Crippen LogP contribution in [0.5, 0.6) is 0 Å². The second-order valence-electron chi connectivity index (χ2n) is 6.45. The second-order valence-corrected chi connectivity index (χ2v) is 7.48. The lowest BCUT2D eigenvalue weighted by Crippen LogP contribution is -2.42. The molecule has 1 spiro atoms. The first-order chi connectivity index (χ1) is 13.4. The van der Waals surface area contributed by atoms with E-state index in [0.717, 1.165) is 27.4 Å². The first-order valence-corrected chi connectivity index (χ1v) is 9.33. The highest BCUT2D eigenvalue weighted by atomic mass is 32.1. The van der Waals surface area contributed by atoms with Crippen molar-refractivity contribution in [1.82, 2.24) is 15.2 Å². The number of aromatic nitrogens is 1. The maximum absolute atomic E-state index is 13.0. The van der Waals surface area contributed by atoms with E-state index < -0.39 is 35.9 Å². The summed E-state index contributed by atoms with van der Waals surface area (Å²) in [4.78, 5) is 54.3. The Labute approximate surface area is 163 Å². The molecular formula is C18H16N4O5S. The molecule has 0 saturated carbocycles. The van der Waals surface area contributed by atoms with Gasteiger partial charge in [-0.1, -0.05) is 35.6 Å². The number of anilines is 1. The van der Waals surface area contributed by atoms with E-state index in [0.29, 0.717) is 12.8 Å². The average Bonchev–Trinajstić information content (AvgIpc) is 3.36. The molecule has 1 aromatic carbocycles. The quantitative estimate of drug-likeness (QED) is 0.589. The first kappa shape index (κ1) is 18.1. The van der Waals surface area contributed by atoms with Crippen molar-refractivity contribution in [3.63, 3.8) is 0 Å². The number of aryl methyl sites for hydroxylation is 1. The molecule has 2 N–H and O–H groups in total. The van der Waals surface area contributed by atoms with E-state index in [1.54, 1.807) is 0 Å². The molecule has 10 heteroatoms. The van der Waals surface area contributed by atoms with Gasteiger partial charge in [-0.15, -0.1) is 0 Å². The predicted molar refractivity (Wildman–Crippen MR) is 98.8 cm³/mol. The van der Waals surface area contributed by atoms with Crippen molar-refractivity contribution in [2.24, 2.45) is 0 Å². The van der Waals surface area contributed by atoms with E-state index in [4.69, 9.17) is 0 Å². The number of esters is 1. The molecule has 4 rings (SSSR count). The third-order valence-corrected chi connectivity index (χ3v) is 5.76. The molecule has 1 aliphatic carbocycles. The minimum atomic E-state index is -1.10. The summed E-state index contributed by atoms with van der Waals surface area (Å²) < 4.78 is 4.59. The highest BCUT2D eigenvalue weighted by Gasteiger charge is 2.55. The third-order valence-electron chi connectivity index (χ3n) is 4.86. The van der Waals surface area contributed by atoms with E-state index in [9.17, 15) is 19.2 Å². The van der Waals surface area contributed by atoms with Gasteiger partial charge in [-0.05, 0) is 24.0 Å². The van der Waals surface area contributed by atoms with Crippen LogP contribution in [-0.2, 0) is 26.3 Å². The summed E-state index contributed by atoms with van der Waals surface area (Å²) in [6, 6.07) is 6.86. The number of rotatable bonds is 4. The number of benzene rings is 1. The van der Waals surface area contributed by atoms with Crippen LogP contribution in [0.3, 0.4) is 0 Å². The van der Waals surface area contributed by atoms with Crippen LogP contribution in [0, 0.1) is 0 Å². The van der Waals surface area contributed by atoms with Gasteiger partial charge in [0.25, 0.3) is 5.91 Å². The molecule has 9 nitrogen and oxygen atoms in total. The Hall–Kier alpha value is -3.27. The molecule has 1 atom stereocenters. The van der Waals surface area contributed by atoms with Crippen molar-refractivity contribution in [2.45, 2.75) is 18.4 Å². The number of carbonyl (C=O) groups is 4. The van der Waals surface area contributed by atoms with Gasteiger partial charge in [0.2, 0.25) is 5.91 Å². The van der Waals surface area contributed by atoms with Gasteiger partial charge in [-0.2, -0.15) is 0 Å². The van der Waals surface area contributed by atoms with Crippen LogP contribution in [0.25, 0.3) is 0 Å². The van der Waals surface area contributed by atoms with E-state index in [-0.39, 0.29) is 10.0 Å². The van der Waals surface area contributed by atoms with Crippen molar-refractivity contribution in [2.75, 3.05) is 19.0 Å². The smallest absolute Gasteiger partial charge is 0.349 e. The van der Waals surface area contributed by atoms with Crippen molar-refractivity contribution < 1.29 is 23.9 Å². The van der Waals surface area contributed by atoms with Crippen LogP contribution in [0.15, 0.2) is 30.5 Å². The van der Waals surface area contributed by atoms with Gasteiger partial charge in [0.15, 0.2) is 5.13 Å². The molecule has 2 heterocycles. The molecule has 28 heavy (non-hydrogen) atoms. The van der Waals surface area contributed by atoms with Crippen LogP contribution < -0.4 is 10.6 Å². The number of methoxy groups -OCH3 is 1. The highest BCUT2D eigenvalue weighted by molar-refractivity contribution is 7.17. The Morgan fingerprint density at radius 2 is 2.14 bits per heavy atom. The molecule has 1 aliphatic heterocycles. The average molecular weight is 400 g/mol. The Morgan fingerprint density at radius 1 is 1.36 bits per heavy atom. The fraction of sp³-hybridized carbons (Fsp3) is 0.278. The van der Waals surface area contributed by atoms with Gasteiger partial charge < -0.3 is 15.4 Å². The monoisotopic (exact) mass is 400 g/mol. The van der Waals surface area contributed by atoms with Crippen LogP contribution in [0.1, 0.15) is 27.2 Å². The van der Waals surface area contributed by atoms with Crippen molar-refractivity contribution in [1.29, 1.82) is 0 Å². The normalized spacial score (nSPS) is 20.2. The number of hydrogen-bond acceptors (Lipinski definition) is 7. The summed E-state index contributed by atoms with van der Waals surface area (Å²) in [5.41, 5.74) is 0.687. The molecule has 1 fully saturated rings. The highest BCUT2D eigenvalue weighted by Crippen LogP contribution is 2.41. The number of nitrogens with zero attached hydrogens (tertiary/aromatic N) is 2. The van der Waals surface area contributed by atoms with E-state index in [1.165, 1.54) is 13.3 Å².